The van der Waals surface area contributed by atoms with Gasteiger partial charge < -0.3 is 14.8 Å². The Bertz CT molecular complexity index is 660. The van der Waals surface area contributed by atoms with E-state index in [-0.39, 0.29) is 5.91 Å². The highest BCUT2D eigenvalue weighted by atomic mass is 32.1. The number of hydrogen-bond donors (Lipinski definition) is 1. The van der Waals surface area contributed by atoms with Crippen LogP contribution in [0.1, 0.15) is 31.8 Å². The molecule has 2 rings (SSSR count). The van der Waals surface area contributed by atoms with Crippen LogP contribution in [0.3, 0.4) is 0 Å². The Morgan fingerprint density at radius 3 is 2.71 bits per heavy atom. The molecule has 1 amide bonds. The number of rotatable bonds is 5. The Balaban J connectivity index is 2.19. The number of aryl methyl sites for hydroxylation is 1. The van der Waals surface area contributed by atoms with Crippen LogP contribution in [-0.2, 0) is 4.74 Å². The third kappa shape index (κ3) is 3.62. The summed E-state index contributed by atoms with van der Waals surface area (Å²) in [6.45, 7) is 3.91. The Labute approximate surface area is 130 Å². The second-order valence-corrected chi connectivity index (χ2v) is 6.29. The average Bonchev–Trinajstić information content (AvgIpc) is 3.05. The Kier molecular flexibility index (Phi) is 4.98. The molecular formula is C14H15NO4S2. The first-order valence-corrected chi connectivity index (χ1v) is 7.96. The lowest BCUT2D eigenvalue weighted by molar-refractivity contribution is 0.0528. The largest absolute Gasteiger partial charge is 0.496 e. The summed E-state index contributed by atoms with van der Waals surface area (Å²) in [7, 11) is 1.55. The third-order valence-corrected chi connectivity index (χ3v) is 4.49. The van der Waals surface area contributed by atoms with Gasteiger partial charge in [-0.3, -0.25) is 4.79 Å². The predicted molar refractivity (Wildman–Crippen MR) is 83.8 cm³/mol. The van der Waals surface area contributed by atoms with Crippen molar-refractivity contribution >= 4 is 39.6 Å². The fourth-order valence-electron chi connectivity index (χ4n) is 1.68. The van der Waals surface area contributed by atoms with Gasteiger partial charge in [-0.2, -0.15) is 0 Å². The highest BCUT2D eigenvalue weighted by molar-refractivity contribution is 7.17. The van der Waals surface area contributed by atoms with Crippen LogP contribution < -0.4 is 10.1 Å². The van der Waals surface area contributed by atoms with Gasteiger partial charge in [-0.15, -0.1) is 22.7 Å². The zero-order chi connectivity index (χ0) is 15.4. The van der Waals surface area contributed by atoms with E-state index in [0.717, 1.165) is 4.88 Å². The molecule has 0 aliphatic rings. The van der Waals surface area contributed by atoms with Gasteiger partial charge in [0.2, 0.25) is 0 Å². The molecule has 2 aromatic heterocycles. The minimum absolute atomic E-state index is 0.268. The number of amides is 1. The molecular weight excluding hydrogens is 310 g/mol. The molecule has 1 N–H and O–H groups in total. The molecule has 0 aliphatic heterocycles. The lowest BCUT2D eigenvalue weighted by atomic mass is 10.3. The molecule has 7 heteroatoms. The molecule has 0 radical (unpaired) electrons. The predicted octanol–water partition coefficient (Wildman–Crippen LogP) is 3.56. The standard InChI is InChI=1S/C14H15NO4S2/c1-4-19-14(17)10-5-8(2)21-13(10)15-12(16)11-6-9(18-3)7-20-11/h5-7H,4H2,1-3H3,(H,15,16). The SMILES string of the molecule is CCOC(=O)c1cc(C)sc1NC(=O)c1cc(OC)cs1. The lowest BCUT2D eigenvalue weighted by Gasteiger charge is -2.04. The summed E-state index contributed by atoms with van der Waals surface area (Å²) in [5, 5.41) is 5.01. The first kappa shape index (κ1) is 15.5. The molecule has 0 saturated carbocycles. The van der Waals surface area contributed by atoms with Gasteiger partial charge in [-0.05, 0) is 19.9 Å². The Hall–Kier alpha value is -1.86. The van der Waals surface area contributed by atoms with E-state index < -0.39 is 5.97 Å². The maximum atomic E-state index is 12.2. The van der Waals surface area contributed by atoms with Crippen molar-refractivity contribution in [3.8, 4) is 5.75 Å². The summed E-state index contributed by atoms with van der Waals surface area (Å²) in [4.78, 5) is 25.5. The molecule has 2 heterocycles. The van der Waals surface area contributed by atoms with Crippen LogP contribution in [0.2, 0.25) is 0 Å². The van der Waals surface area contributed by atoms with Gasteiger partial charge in [0.15, 0.2) is 0 Å². The molecule has 21 heavy (non-hydrogen) atoms. The van der Waals surface area contributed by atoms with Crippen LogP contribution in [0.5, 0.6) is 5.75 Å². The smallest absolute Gasteiger partial charge is 0.341 e. The number of esters is 1. The van der Waals surface area contributed by atoms with Gasteiger partial charge in [0.05, 0.1) is 24.2 Å². The van der Waals surface area contributed by atoms with Gasteiger partial charge in [0.1, 0.15) is 10.8 Å². The van der Waals surface area contributed by atoms with Crippen molar-refractivity contribution in [2.24, 2.45) is 0 Å². The summed E-state index contributed by atoms with van der Waals surface area (Å²) in [6.07, 6.45) is 0. The van der Waals surface area contributed by atoms with Crippen molar-refractivity contribution in [2.75, 3.05) is 19.0 Å². The third-order valence-electron chi connectivity index (χ3n) is 2.61. The summed E-state index contributed by atoms with van der Waals surface area (Å²) in [5.74, 6) is -0.0604. The monoisotopic (exact) mass is 325 g/mol. The van der Waals surface area contributed by atoms with Gasteiger partial charge in [0, 0.05) is 16.3 Å². The van der Waals surface area contributed by atoms with Crippen molar-refractivity contribution in [1.29, 1.82) is 0 Å². The number of ether oxygens (including phenoxy) is 2. The van der Waals surface area contributed by atoms with Crippen LogP contribution in [0.4, 0.5) is 5.00 Å². The van der Waals surface area contributed by atoms with E-state index >= 15 is 0 Å². The molecule has 0 spiro atoms. The summed E-state index contributed by atoms with van der Waals surface area (Å²) in [6, 6.07) is 3.37. The van der Waals surface area contributed by atoms with E-state index in [2.05, 4.69) is 5.32 Å². The number of carbonyl (C=O) groups is 2. The fraction of sp³-hybridized carbons (Fsp3) is 0.286. The molecule has 112 valence electrons. The molecule has 0 bridgehead atoms. The normalized spacial score (nSPS) is 10.2. The minimum Gasteiger partial charge on any atom is -0.496 e. The highest BCUT2D eigenvalue weighted by Gasteiger charge is 2.19. The van der Waals surface area contributed by atoms with Crippen molar-refractivity contribution in [1.82, 2.24) is 0 Å². The first-order chi connectivity index (χ1) is 10.0. The van der Waals surface area contributed by atoms with Gasteiger partial charge in [-0.1, -0.05) is 0 Å². The quantitative estimate of drug-likeness (QED) is 0.854. The molecule has 5 nitrogen and oxygen atoms in total. The maximum Gasteiger partial charge on any atom is 0.341 e. The second-order valence-electron chi connectivity index (χ2n) is 4.13. The Morgan fingerprint density at radius 2 is 2.10 bits per heavy atom. The lowest BCUT2D eigenvalue weighted by Crippen LogP contribution is -2.13. The summed E-state index contributed by atoms with van der Waals surface area (Å²) < 4.78 is 10.0. The van der Waals surface area contributed by atoms with E-state index in [9.17, 15) is 9.59 Å². The number of nitrogens with one attached hydrogen (secondary N) is 1. The first-order valence-electron chi connectivity index (χ1n) is 6.26. The van der Waals surface area contributed by atoms with Crippen LogP contribution in [0.15, 0.2) is 17.5 Å². The van der Waals surface area contributed by atoms with Gasteiger partial charge >= 0.3 is 5.97 Å². The van der Waals surface area contributed by atoms with Crippen molar-refractivity contribution < 1.29 is 19.1 Å². The Morgan fingerprint density at radius 1 is 1.33 bits per heavy atom. The zero-order valence-electron chi connectivity index (χ0n) is 11.9. The van der Waals surface area contributed by atoms with E-state index in [0.29, 0.717) is 27.8 Å². The van der Waals surface area contributed by atoms with E-state index in [1.165, 1.54) is 22.7 Å². The number of anilines is 1. The second kappa shape index (κ2) is 6.73. The van der Waals surface area contributed by atoms with E-state index in [1.807, 2.05) is 6.92 Å². The van der Waals surface area contributed by atoms with E-state index in [1.54, 1.807) is 31.5 Å². The number of carbonyl (C=O) groups excluding carboxylic acids is 2. The van der Waals surface area contributed by atoms with Crippen molar-refractivity contribution in [2.45, 2.75) is 13.8 Å². The van der Waals surface area contributed by atoms with Gasteiger partial charge in [-0.25, -0.2) is 4.79 Å². The number of methoxy groups -OCH3 is 1. The summed E-state index contributed by atoms with van der Waals surface area (Å²) >= 11 is 2.63. The molecule has 0 saturated heterocycles. The number of hydrogen-bond acceptors (Lipinski definition) is 6. The average molecular weight is 325 g/mol. The van der Waals surface area contributed by atoms with Crippen molar-refractivity contribution in [3.05, 3.63) is 32.8 Å². The van der Waals surface area contributed by atoms with Gasteiger partial charge in [0.25, 0.3) is 5.91 Å². The fourth-order valence-corrected chi connectivity index (χ4v) is 3.32. The molecule has 2 aromatic rings. The molecule has 0 unspecified atom stereocenters. The minimum atomic E-state index is -0.430. The molecule has 0 aliphatic carbocycles. The van der Waals surface area contributed by atoms with E-state index in [4.69, 9.17) is 9.47 Å². The van der Waals surface area contributed by atoms with Crippen LogP contribution in [0.25, 0.3) is 0 Å². The van der Waals surface area contributed by atoms with Crippen LogP contribution in [0, 0.1) is 6.92 Å². The topological polar surface area (TPSA) is 64.6 Å². The highest BCUT2D eigenvalue weighted by Crippen LogP contribution is 2.30. The zero-order valence-corrected chi connectivity index (χ0v) is 13.5. The summed E-state index contributed by atoms with van der Waals surface area (Å²) in [5.41, 5.74) is 0.385. The van der Waals surface area contributed by atoms with Crippen molar-refractivity contribution in [3.63, 3.8) is 0 Å². The molecule has 0 atom stereocenters. The maximum absolute atomic E-state index is 12.2. The van der Waals surface area contributed by atoms with Crippen LogP contribution in [-0.4, -0.2) is 25.6 Å². The number of thiophene rings is 2. The van der Waals surface area contributed by atoms with Crippen LogP contribution >= 0.6 is 22.7 Å². The molecule has 0 fully saturated rings. The molecule has 0 aromatic carbocycles.